The molecule has 2 nitrogen and oxygen atoms in total. The maximum atomic E-state index is 9.54. The summed E-state index contributed by atoms with van der Waals surface area (Å²) >= 11 is 8.81. The number of thiol groups is 1. The van der Waals surface area contributed by atoms with Crippen molar-refractivity contribution in [3.63, 3.8) is 0 Å². The third kappa shape index (κ3) is 6.96. The normalized spacial score (nSPS) is 16.3. The Morgan fingerprint density at radius 1 is 1.27 bits per heavy atom. The van der Waals surface area contributed by atoms with Crippen molar-refractivity contribution in [3.8, 4) is 0 Å². The van der Waals surface area contributed by atoms with Crippen LogP contribution in [0.4, 0.5) is 0 Å². The molecule has 15 heavy (non-hydrogen) atoms. The second-order valence-corrected chi connectivity index (χ2v) is 9.02. The van der Waals surface area contributed by atoms with Gasteiger partial charge in [-0.1, -0.05) is 52.3 Å². The third-order valence-corrected chi connectivity index (χ3v) is 3.93. The van der Waals surface area contributed by atoms with Crippen molar-refractivity contribution < 1.29 is 9.42 Å². The molecule has 0 fully saturated rings. The van der Waals surface area contributed by atoms with E-state index in [-0.39, 0.29) is 5.60 Å². The summed E-state index contributed by atoms with van der Waals surface area (Å²) in [5.74, 6) is 0. The minimum Gasteiger partial charge on any atom is -0.338 e. The molecule has 5 heteroatoms. The van der Waals surface area contributed by atoms with Crippen molar-refractivity contribution in [1.82, 2.24) is 0 Å². The largest absolute Gasteiger partial charge is 0.338 e. The van der Waals surface area contributed by atoms with Gasteiger partial charge in [-0.15, -0.1) is 0 Å². The molecule has 0 aromatic carbocycles. The summed E-state index contributed by atoms with van der Waals surface area (Å²) in [7, 11) is 0. The molecular formula is C10H23O2PS2. The van der Waals surface area contributed by atoms with E-state index in [2.05, 4.69) is 33.0 Å². The lowest BCUT2D eigenvalue weighted by atomic mass is 9.91. The topological polar surface area (TPSA) is 29.5 Å². The first-order valence-corrected chi connectivity index (χ1v) is 9.48. The van der Waals surface area contributed by atoms with Crippen molar-refractivity contribution in [2.24, 2.45) is 0 Å². The molecule has 0 spiro atoms. The zero-order valence-corrected chi connectivity index (χ0v) is 12.5. The van der Waals surface area contributed by atoms with Crippen LogP contribution in [0, 0.1) is 0 Å². The van der Waals surface area contributed by atoms with E-state index in [4.69, 9.17) is 16.3 Å². The van der Waals surface area contributed by atoms with Crippen LogP contribution in [-0.2, 0) is 16.3 Å². The van der Waals surface area contributed by atoms with Crippen LogP contribution >= 0.6 is 17.9 Å². The van der Waals surface area contributed by atoms with Gasteiger partial charge in [-0.25, -0.2) is 0 Å². The Labute approximate surface area is 104 Å². The lowest BCUT2D eigenvalue weighted by Crippen LogP contribution is -2.29. The van der Waals surface area contributed by atoms with Gasteiger partial charge in [-0.3, -0.25) is 0 Å². The molecule has 0 radical (unpaired) electrons. The summed E-state index contributed by atoms with van der Waals surface area (Å²) in [5.41, 5.74) is -3.10. The number of unbranched alkanes of at least 4 members (excludes halogenated alkanes) is 2. The molecule has 0 heterocycles. The first-order chi connectivity index (χ1) is 6.89. The molecule has 0 aliphatic carbocycles. The minimum atomic E-state index is -2.84. The van der Waals surface area contributed by atoms with E-state index in [1.165, 1.54) is 12.8 Å². The number of rotatable bonds is 8. The van der Waals surface area contributed by atoms with Gasteiger partial charge in [-0.2, -0.15) is 0 Å². The molecule has 1 N–H and O–H groups in total. The maximum Gasteiger partial charge on any atom is 0.242 e. The van der Waals surface area contributed by atoms with Gasteiger partial charge >= 0.3 is 0 Å². The van der Waals surface area contributed by atoms with Gasteiger partial charge in [0.2, 0.25) is 5.69 Å². The Balaban J connectivity index is 4.37. The quantitative estimate of drug-likeness (QED) is 0.392. The standard InChI is InChI=1S/C10H23O2PS2/c1-4-7-8-9-10(5-2,6-3)12-13(11,14)15/h4-9H2,1-3H3,(H2,11,14,15). The Bertz CT molecular complexity index is 211. The minimum absolute atomic E-state index is 0.263. The second-order valence-electron chi connectivity index (χ2n) is 3.93. The van der Waals surface area contributed by atoms with Crippen molar-refractivity contribution in [3.05, 3.63) is 0 Å². The highest BCUT2D eigenvalue weighted by Crippen LogP contribution is 2.53. The van der Waals surface area contributed by atoms with Crippen LogP contribution in [0.1, 0.15) is 59.3 Å². The highest BCUT2D eigenvalue weighted by molar-refractivity contribution is 8.59. The van der Waals surface area contributed by atoms with E-state index in [0.29, 0.717) is 0 Å². The molecule has 0 aliphatic heterocycles. The van der Waals surface area contributed by atoms with Gasteiger partial charge in [-0.05, 0) is 31.1 Å². The summed E-state index contributed by atoms with van der Waals surface area (Å²) in [5, 5.41) is 0. The van der Waals surface area contributed by atoms with E-state index in [0.717, 1.165) is 25.7 Å². The zero-order chi connectivity index (χ0) is 11.9. The number of hydrogen-bond acceptors (Lipinski definition) is 2. The smallest absolute Gasteiger partial charge is 0.242 e. The zero-order valence-electron chi connectivity index (χ0n) is 9.90. The molecule has 1 atom stereocenters. The van der Waals surface area contributed by atoms with Crippen molar-refractivity contribution in [2.75, 3.05) is 0 Å². The lowest BCUT2D eigenvalue weighted by molar-refractivity contribution is 0.0542. The van der Waals surface area contributed by atoms with E-state index in [1.807, 2.05) is 0 Å². The molecule has 0 bridgehead atoms. The molecule has 1 unspecified atom stereocenters. The predicted octanol–water partition coefficient (Wildman–Crippen LogP) is 4.29. The molecule has 0 saturated heterocycles. The van der Waals surface area contributed by atoms with Crippen LogP contribution in [0.2, 0.25) is 0 Å². The maximum absolute atomic E-state index is 9.54. The number of hydrogen-bond donors (Lipinski definition) is 2. The van der Waals surface area contributed by atoms with Crippen LogP contribution in [-0.4, -0.2) is 10.5 Å². The molecule has 0 aromatic rings. The van der Waals surface area contributed by atoms with E-state index >= 15 is 0 Å². The lowest BCUT2D eigenvalue weighted by Gasteiger charge is -2.33. The molecule has 0 aromatic heterocycles. The van der Waals surface area contributed by atoms with Crippen LogP contribution in [0.25, 0.3) is 0 Å². The van der Waals surface area contributed by atoms with Crippen LogP contribution in [0.5, 0.6) is 0 Å². The van der Waals surface area contributed by atoms with Gasteiger partial charge in [0.1, 0.15) is 0 Å². The van der Waals surface area contributed by atoms with Crippen molar-refractivity contribution in [1.29, 1.82) is 0 Å². The Morgan fingerprint density at radius 2 is 1.80 bits per heavy atom. The summed E-state index contributed by atoms with van der Waals surface area (Å²) < 4.78 is 5.62. The van der Waals surface area contributed by atoms with E-state index < -0.39 is 5.69 Å². The van der Waals surface area contributed by atoms with Gasteiger partial charge < -0.3 is 9.42 Å². The Kier molecular flexibility index (Phi) is 7.73. The second kappa shape index (κ2) is 7.29. The van der Waals surface area contributed by atoms with Crippen LogP contribution in [0.3, 0.4) is 0 Å². The van der Waals surface area contributed by atoms with Crippen LogP contribution < -0.4 is 0 Å². The summed E-state index contributed by atoms with van der Waals surface area (Å²) in [4.78, 5) is 9.54. The van der Waals surface area contributed by atoms with E-state index in [1.54, 1.807) is 0 Å². The fourth-order valence-electron chi connectivity index (χ4n) is 1.73. The molecule has 0 aliphatic rings. The molecular weight excluding hydrogens is 247 g/mol. The first kappa shape index (κ1) is 15.9. The first-order valence-electron chi connectivity index (χ1n) is 5.65. The molecule has 0 amide bonds. The fraction of sp³-hybridized carbons (Fsp3) is 1.00. The van der Waals surface area contributed by atoms with Gasteiger partial charge in [0.15, 0.2) is 0 Å². The molecule has 92 valence electrons. The third-order valence-electron chi connectivity index (χ3n) is 2.84. The van der Waals surface area contributed by atoms with Crippen LogP contribution in [0.15, 0.2) is 0 Å². The molecule has 0 rings (SSSR count). The average molecular weight is 270 g/mol. The fourth-order valence-corrected chi connectivity index (χ4v) is 3.58. The summed E-state index contributed by atoms with van der Waals surface area (Å²) in [6.45, 7) is 6.33. The van der Waals surface area contributed by atoms with Crippen molar-refractivity contribution >= 4 is 29.7 Å². The summed E-state index contributed by atoms with van der Waals surface area (Å²) in [6, 6.07) is 0. The highest BCUT2D eigenvalue weighted by Gasteiger charge is 2.31. The Hall–Kier alpha value is 0.920. The van der Waals surface area contributed by atoms with Gasteiger partial charge in [0.05, 0.1) is 5.60 Å². The van der Waals surface area contributed by atoms with Crippen molar-refractivity contribution in [2.45, 2.75) is 64.9 Å². The van der Waals surface area contributed by atoms with Gasteiger partial charge in [0, 0.05) is 0 Å². The SMILES string of the molecule is CCCCCC(CC)(CC)OP(O)(=S)S. The van der Waals surface area contributed by atoms with Gasteiger partial charge in [0.25, 0.3) is 0 Å². The average Bonchev–Trinajstić information content (AvgIpc) is 2.15. The predicted molar refractivity (Wildman–Crippen MR) is 74.0 cm³/mol. The summed E-state index contributed by atoms with van der Waals surface area (Å²) in [6.07, 6.45) is 6.25. The highest BCUT2D eigenvalue weighted by atomic mass is 32.9. The Morgan fingerprint density at radius 3 is 2.13 bits per heavy atom. The molecule has 0 saturated carbocycles. The van der Waals surface area contributed by atoms with E-state index in [9.17, 15) is 4.89 Å². The monoisotopic (exact) mass is 270 g/mol.